The predicted octanol–water partition coefficient (Wildman–Crippen LogP) is 2.38. The number of hydrogen-bond acceptors (Lipinski definition) is 3. The molecule has 1 aromatic rings. The van der Waals surface area contributed by atoms with Crippen LogP contribution < -0.4 is 4.73 Å². The number of aromatic nitrogens is 1. The van der Waals surface area contributed by atoms with Crippen LogP contribution in [0, 0.1) is 5.21 Å². The quantitative estimate of drug-likeness (QED) is 0.542. The Kier molecular flexibility index (Phi) is 3.71. The second-order valence-corrected chi connectivity index (χ2v) is 6.52. The Morgan fingerprint density at radius 2 is 2.21 bits per heavy atom. The van der Waals surface area contributed by atoms with Crippen LogP contribution in [-0.2, 0) is 17.7 Å². The lowest BCUT2D eigenvalue weighted by Gasteiger charge is -2.30. The van der Waals surface area contributed by atoms with Crippen LogP contribution in [0.2, 0.25) is 0 Å². The SMILES string of the molecule is CC(C)(C)OC(=O)N1CCc2c(cc(Br)c[n+]2[O-])C1. The van der Waals surface area contributed by atoms with E-state index < -0.39 is 5.60 Å². The van der Waals surface area contributed by atoms with Gasteiger partial charge in [0.1, 0.15) is 5.60 Å². The maximum absolute atomic E-state index is 12.0. The normalized spacial score (nSPS) is 15.1. The minimum absolute atomic E-state index is 0.337. The molecule has 6 heteroatoms. The lowest BCUT2D eigenvalue weighted by atomic mass is 10.1. The smallest absolute Gasteiger partial charge is 0.410 e. The molecule has 0 aromatic carbocycles. The Labute approximate surface area is 120 Å². The van der Waals surface area contributed by atoms with E-state index in [2.05, 4.69) is 15.9 Å². The lowest BCUT2D eigenvalue weighted by molar-refractivity contribution is -0.615. The molecule has 5 nitrogen and oxygen atoms in total. The van der Waals surface area contributed by atoms with E-state index in [1.807, 2.05) is 26.8 Å². The number of halogens is 1. The van der Waals surface area contributed by atoms with Crippen LogP contribution in [0.15, 0.2) is 16.7 Å². The Balaban J connectivity index is 2.16. The minimum atomic E-state index is -0.507. The average molecular weight is 329 g/mol. The van der Waals surface area contributed by atoms with Crippen LogP contribution in [0.1, 0.15) is 32.0 Å². The third-order valence-corrected chi connectivity index (χ3v) is 3.25. The summed E-state index contributed by atoms with van der Waals surface area (Å²) in [6.45, 7) is 6.43. The van der Waals surface area contributed by atoms with Gasteiger partial charge in [0, 0.05) is 12.1 Å². The summed E-state index contributed by atoms with van der Waals surface area (Å²) in [6, 6.07) is 1.88. The summed E-state index contributed by atoms with van der Waals surface area (Å²) in [5.41, 5.74) is 1.08. The van der Waals surface area contributed by atoms with Crippen LogP contribution in [0.25, 0.3) is 0 Å². The van der Waals surface area contributed by atoms with Crippen molar-refractivity contribution in [1.29, 1.82) is 0 Å². The van der Waals surface area contributed by atoms with E-state index in [-0.39, 0.29) is 6.09 Å². The van der Waals surface area contributed by atoms with Crippen LogP contribution in [0.5, 0.6) is 0 Å². The molecule has 0 N–H and O–H groups in total. The molecule has 1 aliphatic heterocycles. The lowest BCUT2D eigenvalue weighted by Crippen LogP contribution is -2.44. The standard InChI is InChI=1S/C13H17BrN2O3/c1-13(2,3)19-12(17)15-5-4-11-9(7-15)6-10(14)8-16(11)18/h6,8H,4-5,7H2,1-3H3. The molecule has 0 saturated carbocycles. The fourth-order valence-electron chi connectivity index (χ4n) is 2.03. The molecule has 0 bridgehead atoms. The molecule has 0 aliphatic carbocycles. The van der Waals surface area contributed by atoms with Crippen molar-refractivity contribution in [3.63, 3.8) is 0 Å². The molecular formula is C13H17BrN2O3. The number of amides is 1. The highest BCUT2D eigenvalue weighted by Crippen LogP contribution is 2.21. The molecule has 1 aromatic heterocycles. The minimum Gasteiger partial charge on any atom is -0.618 e. The van der Waals surface area contributed by atoms with Gasteiger partial charge in [0.05, 0.1) is 17.4 Å². The zero-order chi connectivity index (χ0) is 14.2. The molecule has 2 heterocycles. The summed E-state index contributed by atoms with van der Waals surface area (Å²) in [4.78, 5) is 13.6. The highest BCUT2D eigenvalue weighted by Gasteiger charge is 2.29. The fourth-order valence-corrected chi connectivity index (χ4v) is 2.50. The average Bonchev–Trinajstić information content (AvgIpc) is 2.25. The van der Waals surface area contributed by atoms with E-state index >= 15 is 0 Å². The maximum Gasteiger partial charge on any atom is 0.410 e. The van der Waals surface area contributed by atoms with Gasteiger partial charge < -0.3 is 14.8 Å². The second-order valence-electron chi connectivity index (χ2n) is 5.61. The Morgan fingerprint density at radius 1 is 1.53 bits per heavy atom. The summed E-state index contributed by atoms with van der Waals surface area (Å²) in [5, 5.41) is 11.7. The van der Waals surface area contributed by atoms with Crippen LogP contribution >= 0.6 is 15.9 Å². The van der Waals surface area contributed by atoms with Gasteiger partial charge in [0.25, 0.3) is 0 Å². The zero-order valence-electron chi connectivity index (χ0n) is 11.3. The van der Waals surface area contributed by atoms with Gasteiger partial charge >= 0.3 is 6.09 Å². The molecule has 0 unspecified atom stereocenters. The zero-order valence-corrected chi connectivity index (χ0v) is 12.9. The van der Waals surface area contributed by atoms with E-state index in [1.54, 1.807) is 4.90 Å². The maximum atomic E-state index is 12.0. The van der Waals surface area contributed by atoms with E-state index in [9.17, 15) is 10.0 Å². The third-order valence-electron chi connectivity index (χ3n) is 2.82. The van der Waals surface area contributed by atoms with Gasteiger partial charge in [-0.05, 0) is 42.8 Å². The van der Waals surface area contributed by atoms with Gasteiger partial charge in [-0.25, -0.2) is 4.79 Å². The molecule has 0 atom stereocenters. The molecular weight excluding hydrogens is 312 g/mol. The Morgan fingerprint density at radius 3 is 2.84 bits per heavy atom. The third kappa shape index (κ3) is 3.37. The Hall–Kier alpha value is -1.30. The number of pyridine rings is 1. The molecule has 1 aliphatic rings. The van der Waals surface area contributed by atoms with Gasteiger partial charge in [0.15, 0.2) is 11.9 Å². The van der Waals surface area contributed by atoms with Crippen molar-refractivity contribution in [3.05, 3.63) is 33.2 Å². The van der Waals surface area contributed by atoms with Crippen molar-refractivity contribution >= 4 is 22.0 Å². The van der Waals surface area contributed by atoms with Gasteiger partial charge in [-0.3, -0.25) is 0 Å². The fraction of sp³-hybridized carbons (Fsp3) is 0.538. The summed E-state index contributed by atoms with van der Waals surface area (Å²) in [5.74, 6) is 0. The first kappa shape index (κ1) is 14.1. The number of hydrogen-bond donors (Lipinski definition) is 0. The van der Waals surface area contributed by atoms with Gasteiger partial charge in [-0.2, -0.15) is 4.73 Å². The molecule has 104 valence electrons. The highest BCUT2D eigenvalue weighted by atomic mass is 79.9. The number of fused-ring (bicyclic) bond motifs is 1. The summed E-state index contributed by atoms with van der Waals surface area (Å²) in [7, 11) is 0. The van der Waals surface area contributed by atoms with Crippen LogP contribution in [0.3, 0.4) is 0 Å². The second kappa shape index (κ2) is 5.00. The molecule has 2 rings (SSSR count). The van der Waals surface area contributed by atoms with Crippen molar-refractivity contribution in [2.45, 2.75) is 39.3 Å². The van der Waals surface area contributed by atoms with E-state index in [1.165, 1.54) is 6.20 Å². The molecule has 0 fully saturated rings. The van der Waals surface area contributed by atoms with E-state index in [0.717, 1.165) is 16.0 Å². The van der Waals surface area contributed by atoms with E-state index in [0.29, 0.717) is 24.0 Å². The Bertz CT molecular complexity index is 511. The number of carbonyl (C=O) groups is 1. The van der Waals surface area contributed by atoms with Gasteiger partial charge in [0.2, 0.25) is 0 Å². The summed E-state index contributed by atoms with van der Waals surface area (Å²) < 4.78 is 6.93. The first-order valence-corrected chi connectivity index (χ1v) is 6.94. The monoisotopic (exact) mass is 328 g/mol. The van der Waals surface area contributed by atoms with Crippen LogP contribution in [-0.4, -0.2) is 23.1 Å². The molecule has 1 amide bonds. The van der Waals surface area contributed by atoms with Crippen molar-refractivity contribution in [2.75, 3.05) is 6.54 Å². The van der Waals surface area contributed by atoms with Crippen molar-refractivity contribution in [1.82, 2.24) is 4.90 Å². The number of rotatable bonds is 0. The van der Waals surface area contributed by atoms with Gasteiger partial charge in [-0.15, -0.1) is 0 Å². The first-order valence-electron chi connectivity index (χ1n) is 6.14. The van der Waals surface area contributed by atoms with Crippen LogP contribution in [0.4, 0.5) is 4.79 Å². The summed E-state index contributed by atoms with van der Waals surface area (Å²) >= 11 is 3.29. The first-order chi connectivity index (χ1) is 8.76. The topological polar surface area (TPSA) is 56.5 Å². The summed E-state index contributed by atoms with van der Waals surface area (Å²) in [6.07, 6.45) is 1.70. The molecule has 19 heavy (non-hydrogen) atoms. The van der Waals surface area contributed by atoms with Crippen molar-refractivity contribution in [2.24, 2.45) is 0 Å². The highest BCUT2D eigenvalue weighted by molar-refractivity contribution is 9.10. The van der Waals surface area contributed by atoms with Crippen molar-refractivity contribution in [3.8, 4) is 0 Å². The number of ether oxygens (including phenoxy) is 1. The number of carbonyl (C=O) groups excluding carboxylic acids is 1. The van der Waals surface area contributed by atoms with E-state index in [4.69, 9.17) is 4.74 Å². The molecule has 0 spiro atoms. The number of nitrogens with zero attached hydrogens (tertiary/aromatic N) is 2. The largest absolute Gasteiger partial charge is 0.618 e. The molecule has 0 saturated heterocycles. The van der Waals surface area contributed by atoms with Crippen molar-refractivity contribution < 1.29 is 14.3 Å². The molecule has 0 radical (unpaired) electrons. The predicted molar refractivity (Wildman–Crippen MR) is 73.5 cm³/mol. The van der Waals surface area contributed by atoms with Gasteiger partial charge in [-0.1, -0.05) is 0 Å².